The molecule has 2 aromatic rings. The van der Waals surface area contributed by atoms with Crippen LogP contribution in [0.5, 0.6) is 0 Å². The van der Waals surface area contributed by atoms with E-state index in [2.05, 4.69) is 28.6 Å². The van der Waals surface area contributed by atoms with E-state index in [0.717, 1.165) is 13.0 Å². The van der Waals surface area contributed by atoms with Gasteiger partial charge in [-0.25, -0.2) is 4.98 Å². The first-order chi connectivity index (χ1) is 9.20. The van der Waals surface area contributed by atoms with Crippen LogP contribution in [0.25, 0.3) is 0 Å². The Bertz CT molecular complexity index is 529. The maximum atomic E-state index is 6.14. The number of nitrogens with one attached hydrogen (secondary N) is 2. The van der Waals surface area contributed by atoms with Crippen molar-refractivity contribution in [1.82, 2.24) is 4.98 Å². The van der Waals surface area contributed by atoms with E-state index in [-0.39, 0.29) is 0 Å². The van der Waals surface area contributed by atoms with Crippen LogP contribution < -0.4 is 10.6 Å². The van der Waals surface area contributed by atoms with Crippen molar-refractivity contribution < 1.29 is 0 Å². The highest BCUT2D eigenvalue weighted by Gasteiger charge is 2.09. The Labute approximate surface area is 127 Å². The number of rotatable bonds is 6. The van der Waals surface area contributed by atoms with Crippen LogP contribution in [0.4, 0.5) is 11.6 Å². The molecule has 0 fully saturated rings. The molecule has 0 saturated carbocycles. The van der Waals surface area contributed by atoms with E-state index in [1.165, 1.54) is 4.88 Å². The second kappa shape index (κ2) is 6.98. The van der Waals surface area contributed by atoms with Crippen molar-refractivity contribution in [2.45, 2.75) is 19.9 Å². The predicted octanol–water partition coefficient (Wildman–Crippen LogP) is 4.88. The quantitative estimate of drug-likeness (QED) is 0.797. The number of thiophene rings is 1. The van der Waals surface area contributed by atoms with Crippen LogP contribution >= 0.6 is 34.5 Å². The molecule has 0 atom stereocenters. The van der Waals surface area contributed by atoms with E-state index in [1.807, 2.05) is 11.4 Å². The lowest BCUT2D eigenvalue weighted by Crippen LogP contribution is -2.06. The fourth-order valence-corrected chi connectivity index (χ4v) is 2.68. The van der Waals surface area contributed by atoms with Gasteiger partial charge in [-0.2, -0.15) is 0 Å². The van der Waals surface area contributed by atoms with Gasteiger partial charge >= 0.3 is 0 Å². The molecule has 0 aliphatic heterocycles. The number of anilines is 2. The Morgan fingerprint density at radius 3 is 2.58 bits per heavy atom. The summed E-state index contributed by atoms with van der Waals surface area (Å²) in [7, 11) is 0. The average Bonchev–Trinajstić information content (AvgIpc) is 2.90. The summed E-state index contributed by atoms with van der Waals surface area (Å²) in [5.41, 5.74) is 0. The molecule has 2 aromatic heterocycles. The highest BCUT2D eigenvalue weighted by atomic mass is 35.5. The second-order valence-electron chi connectivity index (χ2n) is 4.01. The summed E-state index contributed by atoms with van der Waals surface area (Å²) < 4.78 is 0. The molecule has 0 unspecified atom stereocenters. The largest absolute Gasteiger partial charge is 0.369 e. The number of hydrogen-bond acceptors (Lipinski definition) is 4. The molecule has 2 heterocycles. The van der Waals surface area contributed by atoms with E-state index in [9.17, 15) is 0 Å². The molecule has 6 heteroatoms. The molecule has 0 saturated heterocycles. The Balaban J connectivity index is 2.10. The number of halogens is 2. The summed E-state index contributed by atoms with van der Waals surface area (Å²) in [4.78, 5) is 5.66. The zero-order valence-corrected chi connectivity index (χ0v) is 12.9. The minimum Gasteiger partial charge on any atom is -0.369 e. The van der Waals surface area contributed by atoms with Crippen LogP contribution in [0.3, 0.4) is 0 Å². The molecule has 0 bridgehead atoms. The van der Waals surface area contributed by atoms with Gasteiger partial charge in [0.2, 0.25) is 0 Å². The normalized spacial score (nSPS) is 10.5. The molecule has 0 spiro atoms. The summed E-state index contributed by atoms with van der Waals surface area (Å²) in [6.07, 6.45) is 1.01. The SMILES string of the molecule is CCCNc1nc(NCc2cccs2)c(Cl)cc1Cl. The summed E-state index contributed by atoms with van der Waals surface area (Å²) >= 11 is 13.9. The zero-order chi connectivity index (χ0) is 13.7. The summed E-state index contributed by atoms with van der Waals surface area (Å²) in [5.74, 6) is 1.32. The minimum absolute atomic E-state index is 0.531. The molecule has 102 valence electrons. The molecule has 0 amide bonds. The van der Waals surface area contributed by atoms with Crippen LogP contribution in [0.15, 0.2) is 23.6 Å². The van der Waals surface area contributed by atoms with Gasteiger partial charge in [0.15, 0.2) is 0 Å². The fraction of sp³-hybridized carbons (Fsp3) is 0.308. The van der Waals surface area contributed by atoms with Gasteiger partial charge in [0.25, 0.3) is 0 Å². The first-order valence-electron chi connectivity index (χ1n) is 6.07. The van der Waals surface area contributed by atoms with Crippen molar-refractivity contribution in [3.8, 4) is 0 Å². The summed E-state index contributed by atoms with van der Waals surface area (Å²) in [5, 5.41) is 9.53. The number of hydrogen-bond donors (Lipinski definition) is 2. The van der Waals surface area contributed by atoms with Crippen LogP contribution in [-0.2, 0) is 6.54 Å². The Kier molecular flexibility index (Phi) is 5.31. The van der Waals surface area contributed by atoms with Gasteiger partial charge in [0.05, 0.1) is 16.6 Å². The van der Waals surface area contributed by atoms with Crippen molar-refractivity contribution in [2.75, 3.05) is 17.2 Å². The number of nitrogens with zero attached hydrogens (tertiary/aromatic N) is 1. The highest BCUT2D eigenvalue weighted by Crippen LogP contribution is 2.29. The van der Waals surface area contributed by atoms with Gasteiger partial charge in [-0.3, -0.25) is 0 Å². The van der Waals surface area contributed by atoms with Crippen molar-refractivity contribution in [3.05, 3.63) is 38.5 Å². The maximum Gasteiger partial charge on any atom is 0.147 e. The highest BCUT2D eigenvalue weighted by molar-refractivity contribution is 7.09. The van der Waals surface area contributed by atoms with Gasteiger partial charge in [0.1, 0.15) is 11.6 Å². The Morgan fingerprint density at radius 1 is 1.21 bits per heavy atom. The second-order valence-corrected chi connectivity index (χ2v) is 5.86. The molecule has 19 heavy (non-hydrogen) atoms. The molecular weight excluding hydrogens is 301 g/mol. The van der Waals surface area contributed by atoms with Crippen molar-refractivity contribution in [2.24, 2.45) is 0 Å². The topological polar surface area (TPSA) is 37.0 Å². The molecular formula is C13H15Cl2N3S. The number of aromatic nitrogens is 1. The molecule has 3 nitrogen and oxygen atoms in total. The van der Waals surface area contributed by atoms with E-state index in [4.69, 9.17) is 23.2 Å². The summed E-state index contributed by atoms with van der Waals surface area (Å²) in [6.45, 7) is 3.63. The van der Waals surface area contributed by atoms with Crippen LogP contribution in [-0.4, -0.2) is 11.5 Å². The number of pyridine rings is 1. The predicted molar refractivity (Wildman–Crippen MR) is 84.7 cm³/mol. The van der Waals surface area contributed by atoms with Gasteiger partial charge in [-0.1, -0.05) is 36.2 Å². The van der Waals surface area contributed by atoms with E-state index < -0.39 is 0 Å². The van der Waals surface area contributed by atoms with Crippen LogP contribution in [0.2, 0.25) is 10.0 Å². The lowest BCUT2D eigenvalue weighted by Gasteiger charge is -2.11. The van der Waals surface area contributed by atoms with Crippen molar-refractivity contribution >= 4 is 46.2 Å². The van der Waals surface area contributed by atoms with E-state index >= 15 is 0 Å². The third-order valence-electron chi connectivity index (χ3n) is 2.48. The maximum absolute atomic E-state index is 6.14. The van der Waals surface area contributed by atoms with E-state index in [0.29, 0.717) is 28.2 Å². The first-order valence-corrected chi connectivity index (χ1v) is 7.70. The van der Waals surface area contributed by atoms with Gasteiger partial charge in [-0.15, -0.1) is 11.3 Å². The smallest absolute Gasteiger partial charge is 0.147 e. The zero-order valence-electron chi connectivity index (χ0n) is 10.5. The Morgan fingerprint density at radius 2 is 1.95 bits per heavy atom. The van der Waals surface area contributed by atoms with Crippen LogP contribution in [0, 0.1) is 0 Å². The standard InChI is InChI=1S/C13H15Cl2N3S/c1-2-5-16-12-10(14)7-11(15)13(18-12)17-8-9-4-3-6-19-9/h3-4,6-7H,2,5,8H2,1H3,(H2,16,17,18). The van der Waals surface area contributed by atoms with Crippen LogP contribution in [0.1, 0.15) is 18.2 Å². The third-order valence-corrected chi connectivity index (χ3v) is 3.93. The minimum atomic E-state index is 0.531. The monoisotopic (exact) mass is 315 g/mol. The van der Waals surface area contributed by atoms with Crippen molar-refractivity contribution in [1.29, 1.82) is 0 Å². The van der Waals surface area contributed by atoms with Gasteiger partial charge in [-0.05, 0) is 23.9 Å². The molecule has 2 N–H and O–H groups in total. The lowest BCUT2D eigenvalue weighted by molar-refractivity contribution is 0.968. The third kappa shape index (κ3) is 4.00. The fourth-order valence-electron chi connectivity index (χ4n) is 1.54. The molecule has 2 rings (SSSR count). The van der Waals surface area contributed by atoms with Gasteiger partial charge < -0.3 is 10.6 Å². The van der Waals surface area contributed by atoms with Gasteiger partial charge in [0, 0.05) is 11.4 Å². The lowest BCUT2D eigenvalue weighted by atomic mass is 10.4. The molecule has 0 aliphatic rings. The molecule has 0 radical (unpaired) electrons. The Hall–Kier alpha value is -0.970. The molecule has 0 aromatic carbocycles. The van der Waals surface area contributed by atoms with Crippen molar-refractivity contribution in [3.63, 3.8) is 0 Å². The van der Waals surface area contributed by atoms with E-state index in [1.54, 1.807) is 17.4 Å². The summed E-state index contributed by atoms with van der Waals surface area (Å²) in [6, 6.07) is 5.80. The first kappa shape index (κ1) is 14.4. The average molecular weight is 316 g/mol. The molecule has 0 aliphatic carbocycles.